The first kappa shape index (κ1) is 14.8. The van der Waals surface area contributed by atoms with Crippen LogP contribution >= 0.6 is 0 Å². The number of carbonyl (C=O) groups is 1. The van der Waals surface area contributed by atoms with E-state index in [9.17, 15) is 4.79 Å². The van der Waals surface area contributed by atoms with Gasteiger partial charge in [0.25, 0.3) is 0 Å². The summed E-state index contributed by atoms with van der Waals surface area (Å²) in [6.07, 6.45) is 8.51. The zero-order valence-electron chi connectivity index (χ0n) is 13.0. The number of nitrogens with zero attached hydrogens (tertiary/aromatic N) is 3. The van der Waals surface area contributed by atoms with Gasteiger partial charge in [-0.05, 0) is 24.5 Å². The third kappa shape index (κ3) is 3.53. The minimum atomic E-state index is 0.0991. The van der Waals surface area contributed by atoms with E-state index in [1.807, 2.05) is 35.9 Å². The molecule has 1 aromatic carbocycles. The van der Waals surface area contributed by atoms with Crippen molar-refractivity contribution in [3.63, 3.8) is 0 Å². The lowest BCUT2D eigenvalue weighted by Gasteiger charge is -2.10. The number of hydrogen-bond acceptors (Lipinski definition) is 3. The van der Waals surface area contributed by atoms with Crippen LogP contribution in [-0.4, -0.2) is 20.7 Å². The van der Waals surface area contributed by atoms with Crippen LogP contribution in [0.15, 0.2) is 30.6 Å². The van der Waals surface area contributed by atoms with E-state index < -0.39 is 0 Å². The van der Waals surface area contributed by atoms with E-state index in [1.165, 1.54) is 25.7 Å². The molecular weight excluding hydrogens is 276 g/mol. The van der Waals surface area contributed by atoms with Gasteiger partial charge in [0.1, 0.15) is 6.33 Å². The zero-order chi connectivity index (χ0) is 15.4. The van der Waals surface area contributed by atoms with Crippen molar-refractivity contribution < 1.29 is 4.79 Å². The molecule has 5 nitrogen and oxygen atoms in total. The molecule has 3 rings (SSSR count). The average molecular weight is 298 g/mol. The number of rotatable bonds is 5. The summed E-state index contributed by atoms with van der Waals surface area (Å²) in [6.45, 7) is 0. The van der Waals surface area contributed by atoms with Crippen molar-refractivity contribution in [2.75, 3.05) is 5.32 Å². The van der Waals surface area contributed by atoms with Crippen molar-refractivity contribution >= 4 is 11.6 Å². The van der Waals surface area contributed by atoms with E-state index >= 15 is 0 Å². The number of aromatic nitrogens is 3. The predicted octanol–water partition coefficient (Wildman–Crippen LogP) is 3.39. The van der Waals surface area contributed by atoms with Gasteiger partial charge < -0.3 is 9.88 Å². The summed E-state index contributed by atoms with van der Waals surface area (Å²) in [7, 11) is 1.90. The first-order valence-corrected chi connectivity index (χ1v) is 7.96. The maximum atomic E-state index is 12.1. The Morgan fingerprint density at radius 3 is 2.91 bits per heavy atom. The van der Waals surface area contributed by atoms with Gasteiger partial charge in [-0.3, -0.25) is 4.79 Å². The van der Waals surface area contributed by atoms with Crippen molar-refractivity contribution in [1.82, 2.24) is 14.8 Å². The molecule has 0 unspecified atom stereocenters. The number of nitrogens with one attached hydrogen (secondary N) is 1. The summed E-state index contributed by atoms with van der Waals surface area (Å²) >= 11 is 0. The molecule has 1 fully saturated rings. The molecule has 116 valence electrons. The molecule has 5 heteroatoms. The predicted molar refractivity (Wildman–Crippen MR) is 86.3 cm³/mol. The van der Waals surface area contributed by atoms with Gasteiger partial charge in [-0.2, -0.15) is 0 Å². The molecule has 0 saturated heterocycles. The minimum Gasteiger partial charge on any atom is -0.326 e. The molecule has 1 amide bonds. The molecule has 0 radical (unpaired) electrons. The molecular formula is C17H22N4O. The van der Waals surface area contributed by atoms with Crippen LogP contribution in [-0.2, 0) is 11.8 Å². The summed E-state index contributed by atoms with van der Waals surface area (Å²) in [5.74, 6) is 1.64. The Balaban J connectivity index is 1.60. The Hall–Kier alpha value is -2.17. The summed E-state index contributed by atoms with van der Waals surface area (Å²) in [6, 6.07) is 7.75. The van der Waals surface area contributed by atoms with Gasteiger partial charge in [-0.1, -0.05) is 37.8 Å². The fraction of sp³-hybridized carbons (Fsp3) is 0.471. The van der Waals surface area contributed by atoms with Crippen LogP contribution < -0.4 is 5.32 Å². The molecule has 2 aromatic rings. The lowest BCUT2D eigenvalue weighted by atomic mass is 10.0. The van der Waals surface area contributed by atoms with Crippen molar-refractivity contribution in [3.05, 3.63) is 30.6 Å². The standard InChI is InChI=1S/C17H22N4O/c1-21-12-18-20-17(21)14-7-4-8-15(11-14)19-16(22)10-9-13-5-2-3-6-13/h4,7-8,11-13H,2-3,5-6,9-10H2,1H3,(H,19,22). The van der Waals surface area contributed by atoms with Crippen LogP contribution in [0.1, 0.15) is 38.5 Å². The number of amides is 1. The SMILES string of the molecule is Cn1cnnc1-c1cccc(NC(=O)CCC2CCCC2)c1. The van der Waals surface area contributed by atoms with Crippen LogP contribution in [0.4, 0.5) is 5.69 Å². The maximum absolute atomic E-state index is 12.1. The Kier molecular flexibility index (Phi) is 4.51. The van der Waals surface area contributed by atoms with E-state index in [-0.39, 0.29) is 5.91 Å². The van der Waals surface area contributed by atoms with Gasteiger partial charge in [-0.25, -0.2) is 0 Å². The normalized spacial score (nSPS) is 15.1. The van der Waals surface area contributed by atoms with Crippen LogP contribution in [0.25, 0.3) is 11.4 Å². The van der Waals surface area contributed by atoms with Crippen LogP contribution in [0, 0.1) is 5.92 Å². The smallest absolute Gasteiger partial charge is 0.224 e. The van der Waals surface area contributed by atoms with Gasteiger partial charge in [0.2, 0.25) is 5.91 Å². The van der Waals surface area contributed by atoms with Crippen LogP contribution in [0.5, 0.6) is 0 Å². The second-order valence-electron chi connectivity index (χ2n) is 6.08. The number of aryl methyl sites for hydroxylation is 1. The summed E-state index contributed by atoms with van der Waals surface area (Å²) in [5, 5.41) is 11.0. The molecule has 0 aliphatic heterocycles. The number of carbonyl (C=O) groups excluding carboxylic acids is 1. The third-order valence-electron chi connectivity index (χ3n) is 4.37. The highest BCUT2D eigenvalue weighted by atomic mass is 16.1. The molecule has 22 heavy (non-hydrogen) atoms. The Labute approximate surface area is 130 Å². The summed E-state index contributed by atoms with van der Waals surface area (Å²) in [4.78, 5) is 12.1. The van der Waals surface area contributed by atoms with E-state index in [0.29, 0.717) is 6.42 Å². The zero-order valence-corrected chi connectivity index (χ0v) is 13.0. The van der Waals surface area contributed by atoms with Crippen molar-refractivity contribution in [2.24, 2.45) is 13.0 Å². The topological polar surface area (TPSA) is 59.8 Å². The van der Waals surface area contributed by atoms with Gasteiger partial charge in [0.15, 0.2) is 5.82 Å². The lowest BCUT2D eigenvalue weighted by Crippen LogP contribution is -2.12. The maximum Gasteiger partial charge on any atom is 0.224 e. The van der Waals surface area contributed by atoms with E-state index in [4.69, 9.17) is 0 Å². The Bertz CT molecular complexity index is 644. The Morgan fingerprint density at radius 1 is 1.36 bits per heavy atom. The fourth-order valence-corrected chi connectivity index (χ4v) is 3.14. The quantitative estimate of drug-likeness (QED) is 0.920. The highest BCUT2D eigenvalue weighted by Gasteiger charge is 2.16. The summed E-state index contributed by atoms with van der Waals surface area (Å²) in [5.41, 5.74) is 1.77. The number of benzene rings is 1. The van der Waals surface area contributed by atoms with Gasteiger partial charge >= 0.3 is 0 Å². The largest absolute Gasteiger partial charge is 0.326 e. The van der Waals surface area contributed by atoms with Crippen molar-refractivity contribution in [2.45, 2.75) is 38.5 Å². The number of hydrogen-bond donors (Lipinski definition) is 1. The Morgan fingerprint density at radius 2 is 2.18 bits per heavy atom. The first-order chi connectivity index (χ1) is 10.7. The molecule has 0 atom stereocenters. The average Bonchev–Trinajstić information content (AvgIpc) is 3.16. The fourth-order valence-electron chi connectivity index (χ4n) is 3.14. The van der Waals surface area contributed by atoms with Crippen LogP contribution in [0.3, 0.4) is 0 Å². The molecule has 0 bridgehead atoms. The lowest BCUT2D eigenvalue weighted by molar-refractivity contribution is -0.116. The molecule has 1 saturated carbocycles. The number of anilines is 1. The molecule has 1 aliphatic carbocycles. The highest BCUT2D eigenvalue weighted by molar-refractivity contribution is 5.91. The van der Waals surface area contributed by atoms with E-state index in [1.54, 1.807) is 6.33 Å². The molecule has 1 heterocycles. The minimum absolute atomic E-state index is 0.0991. The highest BCUT2D eigenvalue weighted by Crippen LogP contribution is 2.28. The first-order valence-electron chi connectivity index (χ1n) is 7.96. The molecule has 1 aliphatic rings. The summed E-state index contributed by atoms with van der Waals surface area (Å²) < 4.78 is 1.86. The molecule has 0 spiro atoms. The van der Waals surface area contributed by atoms with Crippen molar-refractivity contribution in [3.8, 4) is 11.4 Å². The van der Waals surface area contributed by atoms with Gasteiger partial charge in [0, 0.05) is 24.7 Å². The second kappa shape index (κ2) is 6.73. The third-order valence-corrected chi connectivity index (χ3v) is 4.37. The molecule has 1 N–H and O–H groups in total. The van der Waals surface area contributed by atoms with E-state index in [2.05, 4.69) is 15.5 Å². The molecule has 1 aromatic heterocycles. The van der Waals surface area contributed by atoms with Gasteiger partial charge in [-0.15, -0.1) is 10.2 Å². The van der Waals surface area contributed by atoms with Gasteiger partial charge in [0.05, 0.1) is 0 Å². The van der Waals surface area contributed by atoms with Crippen LogP contribution in [0.2, 0.25) is 0 Å². The second-order valence-corrected chi connectivity index (χ2v) is 6.08. The van der Waals surface area contributed by atoms with Crippen molar-refractivity contribution in [1.29, 1.82) is 0 Å². The van der Waals surface area contributed by atoms with E-state index in [0.717, 1.165) is 29.4 Å². The monoisotopic (exact) mass is 298 g/mol.